The third kappa shape index (κ3) is 2.86. The number of nitrogens with one attached hydrogen (secondary N) is 1. The first-order valence-electron chi connectivity index (χ1n) is 8.16. The second-order valence-electron chi connectivity index (χ2n) is 6.19. The first-order valence-corrected chi connectivity index (χ1v) is 8.16. The molecule has 1 aromatic heterocycles. The quantitative estimate of drug-likeness (QED) is 0.883. The van der Waals surface area contributed by atoms with E-state index in [1.807, 2.05) is 0 Å². The van der Waals surface area contributed by atoms with Crippen molar-refractivity contribution in [1.82, 2.24) is 14.9 Å². The van der Waals surface area contributed by atoms with Gasteiger partial charge in [-0.15, -0.1) is 0 Å². The fourth-order valence-corrected chi connectivity index (χ4v) is 3.72. The van der Waals surface area contributed by atoms with Gasteiger partial charge in [-0.2, -0.15) is 0 Å². The molecule has 2 heterocycles. The Morgan fingerprint density at radius 3 is 2.95 bits per heavy atom. The second-order valence-corrected chi connectivity index (χ2v) is 6.19. The predicted molar refractivity (Wildman–Crippen MR) is 78.2 cm³/mol. The highest BCUT2D eigenvalue weighted by Gasteiger charge is 2.21. The van der Waals surface area contributed by atoms with E-state index in [1.165, 1.54) is 62.3 Å². The maximum absolute atomic E-state index is 4.89. The van der Waals surface area contributed by atoms with Gasteiger partial charge in [0.15, 0.2) is 0 Å². The molecular formula is C16H27N3. The van der Waals surface area contributed by atoms with Crippen molar-refractivity contribution < 1.29 is 0 Å². The minimum Gasteiger partial charge on any atom is -0.332 e. The summed E-state index contributed by atoms with van der Waals surface area (Å²) in [5.41, 5.74) is 2.85. The topological polar surface area (TPSA) is 29.9 Å². The number of nitrogens with zero attached hydrogens (tertiary/aromatic N) is 2. The van der Waals surface area contributed by atoms with Crippen LogP contribution in [0.5, 0.6) is 0 Å². The van der Waals surface area contributed by atoms with Crippen molar-refractivity contribution in [1.29, 1.82) is 0 Å². The normalized spacial score (nSPS) is 19.8. The van der Waals surface area contributed by atoms with Crippen LogP contribution in [-0.2, 0) is 25.9 Å². The Labute approximate surface area is 116 Å². The van der Waals surface area contributed by atoms with Crippen molar-refractivity contribution in [2.24, 2.45) is 5.92 Å². The number of aryl methyl sites for hydroxylation is 1. The summed E-state index contributed by atoms with van der Waals surface area (Å²) >= 11 is 0. The summed E-state index contributed by atoms with van der Waals surface area (Å²) in [6.07, 6.45) is 10.7. The molecule has 3 rings (SSSR count). The van der Waals surface area contributed by atoms with Crippen molar-refractivity contribution in [2.45, 2.75) is 71.4 Å². The van der Waals surface area contributed by atoms with E-state index in [0.29, 0.717) is 0 Å². The molecule has 1 aliphatic carbocycles. The van der Waals surface area contributed by atoms with E-state index in [2.05, 4.69) is 16.8 Å². The molecule has 0 atom stereocenters. The van der Waals surface area contributed by atoms with Gasteiger partial charge in [0.25, 0.3) is 0 Å². The third-order valence-corrected chi connectivity index (χ3v) is 4.77. The molecule has 3 nitrogen and oxygen atoms in total. The summed E-state index contributed by atoms with van der Waals surface area (Å²) in [5, 5.41) is 3.44. The molecule has 0 unspecified atom stereocenters. The van der Waals surface area contributed by atoms with Gasteiger partial charge >= 0.3 is 0 Å². The summed E-state index contributed by atoms with van der Waals surface area (Å²) in [5.74, 6) is 2.32. The summed E-state index contributed by atoms with van der Waals surface area (Å²) < 4.78 is 2.57. The van der Waals surface area contributed by atoms with Gasteiger partial charge in [-0.25, -0.2) is 4.98 Å². The number of rotatable bonds is 5. The molecule has 0 aromatic carbocycles. The van der Waals surface area contributed by atoms with Crippen LogP contribution in [0.25, 0.3) is 0 Å². The predicted octanol–water partition coefficient (Wildman–Crippen LogP) is 3.06. The van der Waals surface area contributed by atoms with Crippen LogP contribution in [0.1, 0.15) is 62.7 Å². The van der Waals surface area contributed by atoms with E-state index in [4.69, 9.17) is 4.98 Å². The molecule has 0 amide bonds. The fraction of sp³-hybridized carbons (Fsp3) is 0.812. The Morgan fingerprint density at radius 1 is 1.32 bits per heavy atom. The van der Waals surface area contributed by atoms with Gasteiger partial charge in [0.2, 0.25) is 0 Å². The van der Waals surface area contributed by atoms with Gasteiger partial charge in [-0.3, -0.25) is 0 Å². The minimum atomic E-state index is 0.975. The zero-order valence-electron chi connectivity index (χ0n) is 12.2. The Balaban J connectivity index is 1.74. The Kier molecular flexibility index (Phi) is 4.21. The standard InChI is InChI=1S/C16H27N3/c1-2-5-16-18-14-12-17-10-8-15(14)19(16)11-9-13-6-3-4-7-13/h13,17H,2-12H2,1H3. The van der Waals surface area contributed by atoms with E-state index in [9.17, 15) is 0 Å². The third-order valence-electron chi connectivity index (χ3n) is 4.77. The summed E-state index contributed by atoms with van der Waals surface area (Å²) in [7, 11) is 0. The molecule has 2 aliphatic rings. The highest BCUT2D eigenvalue weighted by molar-refractivity contribution is 5.20. The minimum absolute atomic E-state index is 0.975. The van der Waals surface area contributed by atoms with Gasteiger partial charge in [0, 0.05) is 38.2 Å². The van der Waals surface area contributed by atoms with E-state index < -0.39 is 0 Å². The molecule has 1 saturated carbocycles. The maximum atomic E-state index is 4.89. The van der Waals surface area contributed by atoms with E-state index in [-0.39, 0.29) is 0 Å². The van der Waals surface area contributed by atoms with E-state index >= 15 is 0 Å². The maximum Gasteiger partial charge on any atom is 0.109 e. The summed E-state index contributed by atoms with van der Waals surface area (Å²) in [4.78, 5) is 4.89. The average molecular weight is 261 g/mol. The zero-order chi connectivity index (χ0) is 13.1. The SMILES string of the molecule is CCCc1nc2c(n1CCC1CCCC1)CCNC2. The van der Waals surface area contributed by atoms with Crippen LogP contribution in [0.4, 0.5) is 0 Å². The first kappa shape index (κ1) is 13.2. The lowest BCUT2D eigenvalue weighted by Gasteiger charge is -2.17. The molecule has 106 valence electrons. The smallest absolute Gasteiger partial charge is 0.109 e. The molecule has 1 aliphatic heterocycles. The summed E-state index contributed by atoms with van der Waals surface area (Å²) in [6.45, 7) is 5.56. The first-order chi connectivity index (χ1) is 9.38. The van der Waals surface area contributed by atoms with E-state index in [0.717, 1.165) is 31.8 Å². The lowest BCUT2D eigenvalue weighted by Crippen LogP contribution is -2.25. The number of fused-ring (bicyclic) bond motifs is 1. The monoisotopic (exact) mass is 261 g/mol. The second kappa shape index (κ2) is 6.08. The molecule has 1 fully saturated rings. The summed E-state index contributed by atoms with van der Waals surface area (Å²) in [6, 6.07) is 0. The Morgan fingerprint density at radius 2 is 2.16 bits per heavy atom. The van der Waals surface area contributed by atoms with E-state index in [1.54, 1.807) is 0 Å². The molecule has 3 heteroatoms. The van der Waals surface area contributed by atoms with Crippen LogP contribution in [0.3, 0.4) is 0 Å². The van der Waals surface area contributed by atoms with Crippen LogP contribution >= 0.6 is 0 Å². The number of hydrogen-bond acceptors (Lipinski definition) is 2. The molecule has 1 aromatic rings. The van der Waals surface area contributed by atoms with Crippen molar-refractivity contribution in [3.63, 3.8) is 0 Å². The van der Waals surface area contributed by atoms with Gasteiger partial charge in [-0.1, -0.05) is 32.6 Å². The lowest BCUT2D eigenvalue weighted by molar-refractivity contribution is 0.442. The van der Waals surface area contributed by atoms with Crippen LogP contribution in [0, 0.1) is 5.92 Å². The fourth-order valence-electron chi connectivity index (χ4n) is 3.72. The van der Waals surface area contributed by atoms with Gasteiger partial charge < -0.3 is 9.88 Å². The molecule has 0 saturated heterocycles. The van der Waals surface area contributed by atoms with Gasteiger partial charge in [-0.05, 0) is 18.8 Å². The van der Waals surface area contributed by atoms with Crippen LogP contribution in [-0.4, -0.2) is 16.1 Å². The van der Waals surface area contributed by atoms with Crippen LogP contribution < -0.4 is 5.32 Å². The number of hydrogen-bond donors (Lipinski definition) is 1. The number of aromatic nitrogens is 2. The van der Waals surface area contributed by atoms with Gasteiger partial charge in [0.1, 0.15) is 5.82 Å². The van der Waals surface area contributed by atoms with Crippen molar-refractivity contribution >= 4 is 0 Å². The van der Waals surface area contributed by atoms with Crippen LogP contribution in [0.15, 0.2) is 0 Å². The lowest BCUT2D eigenvalue weighted by atomic mass is 10.0. The Bertz CT molecular complexity index is 416. The molecule has 0 spiro atoms. The van der Waals surface area contributed by atoms with Crippen molar-refractivity contribution in [2.75, 3.05) is 6.54 Å². The van der Waals surface area contributed by atoms with Gasteiger partial charge in [0.05, 0.1) is 5.69 Å². The van der Waals surface area contributed by atoms with Crippen molar-refractivity contribution in [3.8, 4) is 0 Å². The Hall–Kier alpha value is -0.830. The number of imidazole rings is 1. The zero-order valence-corrected chi connectivity index (χ0v) is 12.2. The largest absolute Gasteiger partial charge is 0.332 e. The van der Waals surface area contributed by atoms with Crippen LogP contribution in [0.2, 0.25) is 0 Å². The molecule has 1 N–H and O–H groups in total. The molecule has 0 radical (unpaired) electrons. The average Bonchev–Trinajstić information content (AvgIpc) is 3.04. The molecule has 0 bridgehead atoms. The highest BCUT2D eigenvalue weighted by Crippen LogP contribution is 2.29. The molecule has 19 heavy (non-hydrogen) atoms. The molecular weight excluding hydrogens is 234 g/mol. The van der Waals surface area contributed by atoms with Crippen molar-refractivity contribution in [3.05, 3.63) is 17.2 Å². The highest BCUT2D eigenvalue weighted by atomic mass is 15.1.